The van der Waals surface area contributed by atoms with E-state index >= 15 is 0 Å². The minimum absolute atomic E-state index is 0.286. The summed E-state index contributed by atoms with van der Waals surface area (Å²) < 4.78 is 0. The lowest BCUT2D eigenvalue weighted by Gasteiger charge is -2.28. The molecule has 16 heavy (non-hydrogen) atoms. The van der Waals surface area contributed by atoms with Crippen molar-refractivity contribution in [1.82, 2.24) is 10.2 Å². The largest absolute Gasteiger partial charge is 0.479 e. The quantitative estimate of drug-likeness (QED) is 0.693. The molecule has 2 aliphatic rings. The number of carboxylic acid groups (broad SMARTS) is 1. The summed E-state index contributed by atoms with van der Waals surface area (Å²) in [6.45, 7) is 0. The van der Waals surface area contributed by atoms with E-state index in [-0.39, 0.29) is 6.42 Å². The van der Waals surface area contributed by atoms with Gasteiger partial charge in [-0.2, -0.15) is 5.10 Å². The van der Waals surface area contributed by atoms with Gasteiger partial charge in [0.2, 0.25) is 0 Å². The summed E-state index contributed by atoms with van der Waals surface area (Å²) in [6, 6.07) is 0. The van der Waals surface area contributed by atoms with Crippen molar-refractivity contribution in [3.8, 4) is 0 Å². The fourth-order valence-electron chi connectivity index (χ4n) is 2.55. The fraction of sp³-hybridized carbons (Fsp3) is 0.636. The predicted octanol–water partition coefficient (Wildman–Crippen LogP) is 0.896. The number of H-pyrrole nitrogens is 1. The molecule has 1 aromatic rings. The second-order valence-corrected chi connectivity index (χ2v) is 4.76. The summed E-state index contributed by atoms with van der Waals surface area (Å²) in [5, 5.41) is 26.6. The Bertz CT molecular complexity index is 450. The van der Waals surface area contributed by atoms with Crippen LogP contribution >= 0.6 is 0 Å². The van der Waals surface area contributed by atoms with Crippen molar-refractivity contribution in [3.63, 3.8) is 0 Å². The first-order valence-corrected chi connectivity index (χ1v) is 5.66. The Balaban J connectivity index is 2.14. The van der Waals surface area contributed by atoms with E-state index in [4.69, 9.17) is 0 Å². The number of carboxylic acids is 1. The van der Waals surface area contributed by atoms with E-state index in [2.05, 4.69) is 10.2 Å². The Labute approximate surface area is 92.5 Å². The maximum Gasteiger partial charge on any atom is 0.340 e. The average Bonchev–Trinajstić information content (AvgIpc) is 2.99. The number of aromatic nitrogens is 2. The molecule has 3 N–H and O–H groups in total. The molecule has 0 radical (unpaired) electrons. The van der Waals surface area contributed by atoms with Gasteiger partial charge in [-0.15, -0.1) is 0 Å². The maximum absolute atomic E-state index is 11.2. The summed E-state index contributed by atoms with van der Waals surface area (Å²) in [4.78, 5) is 11.2. The number of carbonyl (C=O) groups is 1. The first-order chi connectivity index (χ1) is 7.63. The van der Waals surface area contributed by atoms with E-state index in [0.29, 0.717) is 17.9 Å². The van der Waals surface area contributed by atoms with Gasteiger partial charge in [0.1, 0.15) is 0 Å². The van der Waals surface area contributed by atoms with Crippen LogP contribution in [0, 0.1) is 0 Å². The minimum atomic E-state index is -1.72. The Kier molecular flexibility index (Phi) is 1.89. The smallest absolute Gasteiger partial charge is 0.340 e. The van der Waals surface area contributed by atoms with Crippen LogP contribution in [0.5, 0.6) is 0 Å². The number of aromatic amines is 1. The third-order valence-electron chi connectivity index (χ3n) is 3.57. The van der Waals surface area contributed by atoms with Gasteiger partial charge in [0.05, 0.1) is 5.69 Å². The summed E-state index contributed by atoms with van der Waals surface area (Å²) in [7, 11) is 0. The van der Waals surface area contributed by atoms with Gasteiger partial charge in [-0.1, -0.05) is 0 Å². The molecular formula is C11H14N2O3. The molecule has 1 saturated carbocycles. The molecule has 0 spiro atoms. The molecule has 1 aromatic heterocycles. The van der Waals surface area contributed by atoms with Crippen LogP contribution in [0.15, 0.2) is 0 Å². The van der Waals surface area contributed by atoms with Gasteiger partial charge in [-0.05, 0) is 32.1 Å². The maximum atomic E-state index is 11.2. The van der Waals surface area contributed by atoms with Gasteiger partial charge in [-0.25, -0.2) is 4.79 Å². The van der Waals surface area contributed by atoms with Crippen molar-refractivity contribution in [3.05, 3.63) is 17.0 Å². The number of aliphatic carboxylic acids is 1. The summed E-state index contributed by atoms with van der Waals surface area (Å²) in [5.41, 5.74) is 0.407. The van der Waals surface area contributed by atoms with Gasteiger partial charge in [-0.3, -0.25) is 5.10 Å². The summed E-state index contributed by atoms with van der Waals surface area (Å²) in [5.74, 6) is -0.805. The number of hydrogen-bond acceptors (Lipinski definition) is 3. The van der Waals surface area contributed by atoms with E-state index < -0.39 is 11.6 Å². The van der Waals surface area contributed by atoms with Crippen molar-refractivity contribution in [2.24, 2.45) is 0 Å². The highest BCUT2D eigenvalue weighted by Crippen LogP contribution is 2.46. The highest BCUT2D eigenvalue weighted by molar-refractivity contribution is 5.80. The number of rotatable bonds is 2. The molecule has 0 bridgehead atoms. The Hall–Kier alpha value is -1.36. The zero-order valence-corrected chi connectivity index (χ0v) is 8.86. The first kappa shape index (κ1) is 9.84. The molecule has 2 aliphatic carbocycles. The topological polar surface area (TPSA) is 86.2 Å². The van der Waals surface area contributed by atoms with Gasteiger partial charge in [0.25, 0.3) is 0 Å². The second kappa shape index (κ2) is 3.07. The van der Waals surface area contributed by atoms with Gasteiger partial charge >= 0.3 is 5.97 Å². The molecular weight excluding hydrogens is 208 g/mol. The van der Waals surface area contributed by atoms with Crippen LogP contribution < -0.4 is 0 Å². The zero-order chi connectivity index (χ0) is 11.3. The molecule has 1 fully saturated rings. The van der Waals surface area contributed by atoms with Crippen molar-refractivity contribution < 1.29 is 15.0 Å². The molecule has 0 amide bonds. The SMILES string of the molecule is O=C(O)C1(O)CCCc2[nH]nc(C3CC3)c21. The van der Waals surface area contributed by atoms with Crippen LogP contribution in [0.1, 0.15) is 48.6 Å². The van der Waals surface area contributed by atoms with Crippen LogP contribution in [0.3, 0.4) is 0 Å². The van der Waals surface area contributed by atoms with Gasteiger partial charge in [0.15, 0.2) is 5.60 Å². The minimum Gasteiger partial charge on any atom is -0.479 e. The van der Waals surface area contributed by atoms with Crippen LogP contribution in [0.2, 0.25) is 0 Å². The summed E-state index contributed by atoms with van der Waals surface area (Å²) in [6.07, 6.45) is 3.85. The Morgan fingerprint density at radius 1 is 1.50 bits per heavy atom. The average molecular weight is 222 g/mol. The van der Waals surface area contributed by atoms with Crippen molar-refractivity contribution in [2.45, 2.75) is 43.6 Å². The lowest BCUT2D eigenvalue weighted by atomic mass is 9.80. The molecule has 1 heterocycles. The molecule has 3 rings (SSSR count). The predicted molar refractivity (Wildman–Crippen MR) is 55.0 cm³/mol. The number of nitrogens with one attached hydrogen (secondary N) is 1. The van der Waals surface area contributed by atoms with Crippen molar-refractivity contribution in [1.29, 1.82) is 0 Å². The number of hydrogen-bond donors (Lipinski definition) is 3. The Morgan fingerprint density at radius 3 is 2.88 bits per heavy atom. The normalized spacial score (nSPS) is 28.8. The molecule has 0 aromatic carbocycles. The lowest BCUT2D eigenvalue weighted by Crippen LogP contribution is -2.39. The molecule has 5 heteroatoms. The first-order valence-electron chi connectivity index (χ1n) is 5.66. The highest BCUT2D eigenvalue weighted by Gasteiger charge is 2.47. The molecule has 86 valence electrons. The molecule has 5 nitrogen and oxygen atoms in total. The van der Waals surface area contributed by atoms with Crippen molar-refractivity contribution >= 4 is 5.97 Å². The highest BCUT2D eigenvalue weighted by atomic mass is 16.4. The van der Waals surface area contributed by atoms with Crippen LogP contribution in [-0.4, -0.2) is 26.4 Å². The third-order valence-corrected chi connectivity index (χ3v) is 3.57. The standard InChI is InChI=1S/C11H14N2O3/c14-10(15)11(16)5-1-2-7-8(11)9(13-12-7)6-3-4-6/h6,16H,1-5H2,(H,12,13)(H,14,15). The second-order valence-electron chi connectivity index (χ2n) is 4.76. The van der Waals surface area contributed by atoms with Gasteiger partial charge in [0, 0.05) is 17.2 Å². The van der Waals surface area contributed by atoms with Crippen LogP contribution in [-0.2, 0) is 16.8 Å². The molecule has 1 unspecified atom stereocenters. The van der Waals surface area contributed by atoms with E-state index in [1.165, 1.54) is 0 Å². The van der Waals surface area contributed by atoms with Crippen LogP contribution in [0.25, 0.3) is 0 Å². The number of nitrogens with zero attached hydrogens (tertiary/aromatic N) is 1. The molecule has 0 aliphatic heterocycles. The zero-order valence-electron chi connectivity index (χ0n) is 8.86. The van der Waals surface area contributed by atoms with E-state index in [1.54, 1.807) is 0 Å². The Morgan fingerprint density at radius 2 is 2.25 bits per heavy atom. The number of fused-ring (bicyclic) bond motifs is 1. The molecule has 0 saturated heterocycles. The van der Waals surface area contributed by atoms with E-state index in [1.807, 2.05) is 0 Å². The van der Waals surface area contributed by atoms with Crippen LogP contribution in [0.4, 0.5) is 0 Å². The summed E-state index contributed by atoms with van der Waals surface area (Å²) >= 11 is 0. The van der Waals surface area contributed by atoms with Crippen molar-refractivity contribution in [2.75, 3.05) is 0 Å². The van der Waals surface area contributed by atoms with E-state index in [9.17, 15) is 15.0 Å². The fourth-order valence-corrected chi connectivity index (χ4v) is 2.55. The number of aliphatic hydroxyl groups is 1. The van der Waals surface area contributed by atoms with Gasteiger partial charge < -0.3 is 10.2 Å². The lowest BCUT2D eigenvalue weighted by molar-refractivity contribution is -0.161. The van der Waals surface area contributed by atoms with E-state index in [0.717, 1.165) is 30.7 Å². The third kappa shape index (κ3) is 1.21. The number of aryl methyl sites for hydroxylation is 1. The monoisotopic (exact) mass is 222 g/mol. The molecule has 1 atom stereocenters.